The number of methoxy groups -OCH3 is 3. The zero-order valence-electron chi connectivity index (χ0n) is 13.8. The fourth-order valence-electron chi connectivity index (χ4n) is 2.99. The highest BCUT2D eigenvalue weighted by Gasteiger charge is 2.39. The molecule has 1 aliphatic rings. The van der Waals surface area contributed by atoms with Gasteiger partial charge in [-0.1, -0.05) is 12.8 Å². The third-order valence-corrected chi connectivity index (χ3v) is 4.36. The van der Waals surface area contributed by atoms with Crippen molar-refractivity contribution in [3.05, 3.63) is 12.1 Å². The maximum atomic E-state index is 12.6. The number of anilines is 1. The summed E-state index contributed by atoms with van der Waals surface area (Å²) in [4.78, 5) is 12.6. The van der Waals surface area contributed by atoms with E-state index in [0.717, 1.165) is 25.7 Å². The molecule has 1 aliphatic carbocycles. The number of amides is 1. The van der Waals surface area contributed by atoms with Crippen LogP contribution in [0.15, 0.2) is 12.1 Å². The van der Waals surface area contributed by atoms with Crippen LogP contribution in [-0.4, -0.2) is 33.8 Å². The van der Waals surface area contributed by atoms with Crippen molar-refractivity contribution in [1.82, 2.24) is 0 Å². The first-order chi connectivity index (χ1) is 10.6. The molecule has 1 aromatic rings. The fraction of sp³-hybridized carbons (Fsp3) is 0.562. The van der Waals surface area contributed by atoms with E-state index in [-0.39, 0.29) is 18.3 Å². The monoisotopic (exact) mass is 344 g/mol. The van der Waals surface area contributed by atoms with Crippen molar-refractivity contribution >= 4 is 24.0 Å². The van der Waals surface area contributed by atoms with Crippen molar-refractivity contribution in [2.75, 3.05) is 33.2 Å². The molecular weight excluding hydrogens is 320 g/mol. The lowest BCUT2D eigenvalue weighted by molar-refractivity contribution is -0.124. The van der Waals surface area contributed by atoms with Crippen LogP contribution >= 0.6 is 12.4 Å². The third kappa shape index (κ3) is 3.82. The van der Waals surface area contributed by atoms with Crippen LogP contribution in [0.5, 0.6) is 17.2 Å². The van der Waals surface area contributed by atoms with Gasteiger partial charge in [-0.05, 0) is 12.8 Å². The molecule has 2 rings (SSSR count). The van der Waals surface area contributed by atoms with Gasteiger partial charge >= 0.3 is 0 Å². The van der Waals surface area contributed by atoms with Gasteiger partial charge in [0.25, 0.3) is 0 Å². The standard InChI is InChI=1S/C16H24N2O4.ClH/c1-20-12-8-11(9-13(21-2)14(12)22-3)18-15(19)16(10-17)6-4-5-7-16;/h8-9H,4-7,10,17H2,1-3H3,(H,18,19);1H. The number of hydrogen-bond donors (Lipinski definition) is 2. The number of hydrogen-bond acceptors (Lipinski definition) is 5. The molecule has 0 unspecified atom stereocenters. The van der Waals surface area contributed by atoms with Crippen molar-refractivity contribution in [1.29, 1.82) is 0 Å². The lowest BCUT2D eigenvalue weighted by Gasteiger charge is -2.26. The van der Waals surface area contributed by atoms with E-state index in [4.69, 9.17) is 19.9 Å². The van der Waals surface area contributed by atoms with E-state index in [1.807, 2.05) is 0 Å². The Balaban J connectivity index is 0.00000264. The van der Waals surface area contributed by atoms with Crippen LogP contribution in [0.25, 0.3) is 0 Å². The van der Waals surface area contributed by atoms with Crippen molar-refractivity contribution < 1.29 is 19.0 Å². The smallest absolute Gasteiger partial charge is 0.231 e. The SMILES string of the molecule is COc1cc(NC(=O)C2(CN)CCCC2)cc(OC)c1OC.Cl. The van der Waals surface area contributed by atoms with Gasteiger partial charge in [0.05, 0.1) is 26.7 Å². The first-order valence-corrected chi connectivity index (χ1v) is 7.41. The van der Waals surface area contributed by atoms with Crippen LogP contribution < -0.4 is 25.3 Å². The summed E-state index contributed by atoms with van der Waals surface area (Å²) in [5.74, 6) is 1.47. The molecule has 6 nitrogen and oxygen atoms in total. The minimum absolute atomic E-state index is 0. The number of benzene rings is 1. The molecule has 0 aliphatic heterocycles. The molecule has 0 atom stereocenters. The zero-order chi connectivity index (χ0) is 16.2. The van der Waals surface area contributed by atoms with Crippen LogP contribution in [-0.2, 0) is 4.79 Å². The number of rotatable bonds is 6. The zero-order valence-corrected chi connectivity index (χ0v) is 14.6. The van der Waals surface area contributed by atoms with E-state index in [1.165, 1.54) is 0 Å². The Bertz CT molecular complexity index is 520. The summed E-state index contributed by atoms with van der Waals surface area (Å²) >= 11 is 0. The highest BCUT2D eigenvalue weighted by Crippen LogP contribution is 2.42. The summed E-state index contributed by atoms with van der Waals surface area (Å²) in [5, 5.41) is 2.94. The quantitative estimate of drug-likeness (QED) is 0.828. The normalized spacial score (nSPS) is 15.5. The maximum Gasteiger partial charge on any atom is 0.231 e. The number of nitrogens with two attached hydrogens (primary N) is 1. The number of carbonyl (C=O) groups is 1. The van der Waals surface area contributed by atoms with Gasteiger partial charge in [0, 0.05) is 24.4 Å². The minimum Gasteiger partial charge on any atom is -0.493 e. The molecule has 1 aromatic carbocycles. The molecule has 1 saturated carbocycles. The second-order valence-corrected chi connectivity index (χ2v) is 5.56. The fourth-order valence-corrected chi connectivity index (χ4v) is 2.99. The Morgan fingerprint density at radius 2 is 1.65 bits per heavy atom. The molecule has 0 radical (unpaired) electrons. The van der Waals surface area contributed by atoms with Crippen molar-refractivity contribution in [2.24, 2.45) is 11.1 Å². The minimum atomic E-state index is -0.458. The van der Waals surface area contributed by atoms with E-state index in [9.17, 15) is 4.79 Å². The van der Waals surface area contributed by atoms with Crippen LogP contribution in [0.1, 0.15) is 25.7 Å². The Kier molecular flexibility index (Phi) is 6.97. The predicted octanol–water partition coefficient (Wildman–Crippen LogP) is 2.59. The summed E-state index contributed by atoms with van der Waals surface area (Å²) in [6, 6.07) is 3.44. The Morgan fingerprint density at radius 1 is 1.13 bits per heavy atom. The second kappa shape index (κ2) is 8.26. The molecule has 3 N–H and O–H groups in total. The molecule has 23 heavy (non-hydrogen) atoms. The summed E-state index contributed by atoms with van der Waals surface area (Å²) in [6.07, 6.45) is 3.75. The third-order valence-electron chi connectivity index (χ3n) is 4.36. The predicted molar refractivity (Wildman–Crippen MR) is 91.9 cm³/mol. The Hall–Kier alpha value is -1.66. The number of ether oxygens (including phenoxy) is 3. The Labute approximate surface area is 143 Å². The van der Waals surface area contributed by atoms with Crippen molar-refractivity contribution in [2.45, 2.75) is 25.7 Å². The van der Waals surface area contributed by atoms with Gasteiger partial charge in [-0.3, -0.25) is 4.79 Å². The van der Waals surface area contributed by atoms with E-state index in [0.29, 0.717) is 29.5 Å². The molecule has 0 heterocycles. The largest absolute Gasteiger partial charge is 0.493 e. The average Bonchev–Trinajstić information content (AvgIpc) is 3.04. The van der Waals surface area contributed by atoms with Gasteiger partial charge in [0.2, 0.25) is 11.7 Å². The summed E-state index contributed by atoms with van der Waals surface area (Å²) in [5.41, 5.74) is 6.00. The summed E-state index contributed by atoms with van der Waals surface area (Å²) in [6.45, 7) is 0.364. The Morgan fingerprint density at radius 3 is 2.04 bits per heavy atom. The van der Waals surface area contributed by atoms with Gasteiger partial charge in [-0.15, -0.1) is 12.4 Å². The summed E-state index contributed by atoms with van der Waals surface area (Å²) < 4.78 is 15.9. The van der Waals surface area contributed by atoms with Gasteiger partial charge in [0.15, 0.2) is 11.5 Å². The molecular formula is C16H25ClN2O4. The molecule has 0 aromatic heterocycles. The molecule has 1 fully saturated rings. The number of nitrogens with one attached hydrogen (secondary N) is 1. The van der Waals surface area contributed by atoms with Gasteiger partial charge in [0.1, 0.15) is 0 Å². The number of carbonyl (C=O) groups excluding carboxylic acids is 1. The van der Waals surface area contributed by atoms with E-state index >= 15 is 0 Å². The number of halogens is 1. The molecule has 0 spiro atoms. The van der Waals surface area contributed by atoms with Gasteiger partial charge in [-0.2, -0.15) is 0 Å². The van der Waals surface area contributed by atoms with Crippen molar-refractivity contribution in [3.8, 4) is 17.2 Å². The molecule has 130 valence electrons. The van der Waals surface area contributed by atoms with E-state index in [1.54, 1.807) is 33.5 Å². The first-order valence-electron chi connectivity index (χ1n) is 7.41. The molecule has 0 saturated heterocycles. The first kappa shape index (κ1) is 19.4. The topological polar surface area (TPSA) is 82.8 Å². The maximum absolute atomic E-state index is 12.6. The lowest BCUT2D eigenvalue weighted by atomic mass is 9.85. The van der Waals surface area contributed by atoms with Crippen LogP contribution in [0.2, 0.25) is 0 Å². The highest BCUT2D eigenvalue weighted by atomic mass is 35.5. The average molecular weight is 345 g/mol. The highest BCUT2D eigenvalue weighted by molar-refractivity contribution is 5.96. The second-order valence-electron chi connectivity index (χ2n) is 5.56. The van der Waals surface area contributed by atoms with Crippen LogP contribution in [0, 0.1) is 5.41 Å². The molecule has 0 bridgehead atoms. The van der Waals surface area contributed by atoms with Crippen molar-refractivity contribution in [3.63, 3.8) is 0 Å². The molecule has 7 heteroatoms. The van der Waals surface area contributed by atoms with E-state index < -0.39 is 5.41 Å². The van der Waals surface area contributed by atoms with Crippen LogP contribution in [0.4, 0.5) is 5.69 Å². The van der Waals surface area contributed by atoms with Gasteiger partial charge in [-0.25, -0.2) is 0 Å². The van der Waals surface area contributed by atoms with Crippen LogP contribution in [0.3, 0.4) is 0 Å². The summed E-state index contributed by atoms with van der Waals surface area (Å²) in [7, 11) is 4.63. The van der Waals surface area contributed by atoms with Gasteiger partial charge < -0.3 is 25.3 Å². The molecule has 1 amide bonds. The lowest BCUT2D eigenvalue weighted by Crippen LogP contribution is -2.40. The van der Waals surface area contributed by atoms with E-state index in [2.05, 4.69) is 5.32 Å².